The van der Waals surface area contributed by atoms with Crippen LogP contribution in [-0.4, -0.2) is 34.7 Å². The Morgan fingerprint density at radius 3 is 2.44 bits per heavy atom. The lowest BCUT2D eigenvalue weighted by Crippen LogP contribution is -2.22. The second kappa shape index (κ2) is 7.64. The molecule has 0 radical (unpaired) electrons. The first-order valence-corrected chi connectivity index (χ1v) is 10.1. The summed E-state index contributed by atoms with van der Waals surface area (Å²) in [6.45, 7) is 1.80. The van der Waals surface area contributed by atoms with Crippen LogP contribution >= 0.6 is 11.6 Å². The van der Waals surface area contributed by atoms with Crippen LogP contribution in [0.2, 0.25) is 5.02 Å². The fraction of sp³-hybridized carbons (Fsp3) is 0.333. The van der Waals surface area contributed by atoms with Gasteiger partial charge < -0.3 is 9.64 Å². The number of nitrogens with one attached hydrogen (secondary N) is 1. The zero-order valence-corrected chi connectivity index (χ0v) is 15.6. The smallest absolute Gasteiger partial charge is 0.236 e. The first-order chi connectivity index (χ1) is 11.9. The lowest BCUT2D eigenvalue weighted by atomic mass is 10.2. The number of hydrogen-bond acceptors (Lipinski definition) is 4. The molecule has 3 rings (SSSR count). The van der Waals surface area contributed by atoms with Gasteiger partial charge in [0.05, 0.1) is 11.9 Å². The highest BCUT2D eigenvalue weighted by atomic mass is 35.5. The highest BCUT2D eigenvalue weighted by Crippen LogP contribution is 2.24. The number of halogens is 1. The summed E-state index contributed by atoms with van der Waals surface area (Å²) in [5.74, 6) is -0.0897. The van der Waals surface area contributed by atoms with Crippen LogP contribution in [-0.2, 0) is 20.5 Å². The number of ether oxygens (including phenoxy) is 1. The molecule has 134 valence electrons. The molecule has 1 saturated heterocycles. The Bertz CT molecular complexity index is 807. The number of rotatable bonds is 6. The van der Waals surface area contributed by atoms with Gasteiger partial charge in [-0.3, -0.25) is 4.72 Å². The third-order valence-electron chi connectivity index (χ3n) is 4.25. The Labute approximate surface area is 153 Å². The van der Waals surface area contributed by atoms with E-state index in [4.69, 9.17) is 16.3 Å². The zero-order chi connectivity index (χ0) is 17.9. The van der Waals surface area contributed by atoms with E-state index in [-0.39, 0.29) is 11.9 Å². The second-order valence-corrected chi connectivity index (χ2v) is 8.29. The van der Waals surface area contributed by atoms with E-state index in [9.17, 15) is 8.42 Å². The maximum Gasteiger partial charge on any atom is 0.236 e. The summed E-state index contributed by atoms with van der Waals surface area (Å²) in [5, 5.41) is 0.585. The summed E-state index contributed by atoms with van der Waals surface area (Å²) in [5.41, 5.74) is 2.32. The maximum absolute atomic E-state index is 12.3. The Morgan fingerprint density at radius 2 is 1.84 bits per heavy atom. The number of sulfonamides is 1. The fourth-order valence-electron chi connectivity index (χ4n) is 2.91. The molecule has 1 atom stereocenters. The third kappa shape index (κ3) is 4.87. The number of anilines is 2. The van der Waals surface area contributed by atoms with Crippen LogP contribution in [0.5, 0.6) is 0 Å². The molecule has 0 amide bonds. The van der Waals surface area contributed by atoms with Crippen LogP contribution < -0.4 is 9.62 Å². The fourth-order valence-corrected chi connectivity index (χ4v) is 4.24. The molecule has 0 aliphatic carbocycles. The Hall–Kier alpha value is -1.76. The van der Waals surface area contributed by atoms with Crippen molar-refractivity contribution in [2.45, 2.75) is 18.3 Å². The molecule has 0 saturated carbocycles. The number of methoxy groups -OCH3 is 1. The van der Waals surface area contributed by atoms with Gasteiger partial charge in [-0.1, -0.05) is 23.7 Å². The van der Waals surface area contributed by atoms with Gasteiger partial charge in [-0.05, 0) is 48.4 Å². The zero-order valence-electron chi connectivity index (χ0n) is 14.0. The van der Waals surface area contributed by atoms with Gasteiger partial charge in [-0.25, -0.2) is 8.42 Å². The average molecular weight is 381 g/mol. The van der Waals surface area contributed by atoms with E-state index < -0.39 is 10.0 Å². The van der Waals surface area contributed by atoms with Crippen LogP contribution in [0.25, 0.3) is 0 Å². The van der Waals surface area contributed by atoms with Crippen molar-refractivity contribution in [3.63, 3.8) is 0 Å². The van der Waals surface area contributed by atoms with Crippen molar-refractivity contribution >= 4 is 33.0 Å². The predicted molar refractivity (Wildman–Crippen MR) is 102 cm³/mol. The molecule has 1 N–H and O–H groups in total. The van der Waals surface area contributed by atoms with Crippen molar-refractivity contribution in [3.05, 3.63) is 59.1 Å². The molecule has 1 heterocycles. The van der Waals surface area contributed by atoms with Crippen molar-refractivity contribution < 1.29 is 13.2 Å². The number of nitrogens with zero attached hydrogens (tertiary/aromatic N) is 1. The summed E-state index contributed by atoms with van der Waals surface area (Å²) in [7, 11) is -1.74. The van der Waals surface area contributed by atoms with Gasteiger partial charge in [0.15, 0.2) is 0 Å². The van der Waals surface area contributed by atoms with Crippen LogP contribution in [0.1, 0.15) is 12.0 Å². The monoisotopic (exact) mass is 380 g/mol. The molecule has 1 fully saturated rings. The summed E-state index contributed by atoms with van der Waals surface area (Å²) in [6, 6.07) is 14.2. The molecule has 5 nitrogen and oxygen atoms in total. The second-order valence-electron chi connectivity index (χ2n) is 6.13. The summed E-state index contributed by atoms with van der Waals surface area (Å²) in [6.07, 6.45) is 1.27. The van der Waals surface area contributed by atoms with E-state index in [1.807, 2.05) is 12.1 Å². The van der Waals surface area contributed by atoms with Crippen LogP contribution in [0.15, 0.2) is 48.5 Å². The van der Waals surface area contributed by atoms with E-state index in [2.05, 4.69) is 9.62 Å². The topological polar surface area (TPSA) is 58.6 Å². The van der Waals surface area contributed by atoms with Crippen molar-refractivity contribution in [2.75, 3.05) is 29.8 Å². The minimum Gasteiger partial charge on any atom is -0.380 e. The van der Waals surface area contributed by atoms with Gasteiger partial charge in [0.2, 0.25) is 10.0 Å². The molecule has 1 aliphatic heterocycles. The molecule has 0 spiro atoms. The van der Waals surface area contributed by atoms with E-state index >= 15 is 0 Å². The summed E-state index contributed by atoms with van der Waals surface area (Å²) in [4.78, 5) is 2.24. The molecule has 1 aliphatic rings. The number of benzene rings is 2. The largest absolute Gasteiger partial charge is 0.380 e. The van der Waals surface area contributed by atoms with E-state index in [1.165, 1.54) is 0 Å². The minimum atomic E-state index is -3.47. The highest BCUT2D eigenvalue weighted by Gasteiger charge is 2.22. The van der Waals surface area contributed by atoms with Crippen molar-refractivity contribution in [1.29, 1.82) is 0 Å². The van der Waals surface area contributed by atoms with Gasteiger partial charge >= 0.3 is 0 Å². The van der Waals surface area contributed by atoms with E-state index in [0.29, 0.717) is 16.3 Å². The third-order valence-corrected chi connectivity index (χ3v) is 5.77. The molecule has 7 heteroatoms. The van der Waals surface area contributed by atoms with Gasteiger partial charge in [-0.15, -0.1) is 0 Å². The molecule has 25 heavy (non-hydrogen) atoms. The summed E-state index contributed by atoms with van der Waals surface area (Å²) >= 11 is 5.82. The van der Waals surface area contributed by atoms with Crippen molar-refractivity contribution in [2.24, 2.45) is 0 Å². The van der Waals surface area contributed by atoms with Crippen molar-refractivity contribution in [1.82, 2.24) is 0 Å². The predicted octanol–water partition coefficient (Wildman–Crippen LogP) is 3.51. The van der Waals surface area contributed by atoms with Crippen LogP contribution in [0.4, 0.5) is 11.4 Å². The van der Waals surface area contributed by atoms with Crippen LogP contribution in [0, 0.1) is 0 Å². The van der Waals surface area contributed by atoms with Gasteiger partial charge in [-0.2, -0.15) is 0 Å². The van der Waals surface area contributed by atoms with Crippen molar-refractivity contribution in [3.8, 4) is 0 Å². The molecule has 0 bridgehead atoms. The van der Waals surface area contributed by atoms with Crippen LogP contribution in [0.3, 0.4) is 0 Å². The highest BCUT2D eigenvalue weighted by molar-refractivity contribution is 7.91. The van der Waals surface area contributed by atoms with E-state index in [0.717, 1.165) is 25.2 Å². The molecular formula is C18H21ClN2O3S. The first-order valence-electron chi connectivity index (χ1n) is 8.08. The summed E-state index contributed by atoms with van der Waals surface area (Å²) < 4.78 is 32.6. The van der Waals surface area contributed by atoms with E-state index in [1.54, 1.807) is 43.5 Å². The molecule has 1 unspecified atom stereocenters. The average Bonchev–Trinajstić information content (AvgIpc) is 3.06. The van der Waals surface area contributed by atoms with Gasteiger partial charge in [0.1, 0.15) is 0 Å². The Balaban J connectivity index is 1.63. The molecule has 0 aromatic heterocycles. The minimum absolute atomic E-state index is 0.0897. The quantitative estimate of drug-likeness (QED) is 0.833. The SMILES string of the molecule is COC1CCN(c2ccc(NS(=O)(=O)Cc3ccc(Cl)cc3)cc2)C1. The normalized spacial score (nSPS) is 17.7. The Morgan fingerprint density at radius 1 is 1.16 bits per heavy atom. The number of hydrogen-bond donors (Lipinski definition) is 1. The standard InChI is InChI=1S/C18H21ClN2O3S/c1-24-18-10-11-21(12-18)17-8-6-16(7-9-17)20-25(22,23)13-14-2-4-15(19)5-3-14/h2-9,18,20H,10-13H2,1H3. The first kappa shape index (κ1) is 18.0. The maximum atomic E-state index is 12.3. The molecular weight excluding hydrogens is 360 g/mol. The molecule has 2 aromatic carbocycles. The lowest BCUT2D eigenvalue weighted by Gasteiger charge is -2.19. The van der Waals surface area contributed by atoms with Gasteiger partial charge in [0, 0.05) is 36.6 Å². The van der Waals surface area contributed by atoms with Gasteiger partial charge in [0.25, 0.3) is 0 Å². The Kier molecular flexibility index (Phi) is 5.51. The lowest BCUT2D eigenvalue weighted by molar-refractivity contribution is 0.121. The molecule has 2 aromatic rings.